The molecule has 1 fully saturated rings. The summed E-state index contributed by atoms with van der Waals surface area (Å²) < 4.78 is 1.29. The molecule has 25 heavy (non-hydrogen) atoms. The van der Waals surface area contributed by atoms with Gasteiger partial charge in [-0.1, -0.05) is 30.3 Å². The summed E-state index contributed by atoms with van der Waals surface area (Å²) in [4.78, 5) is 34.1. The van der Waals surface area contributed by atoms with Crippen molar-refractivity contribution >= 4 is 23.4 Å². The van der Waals surface area contributed by atoms with Crippen LogP contribution in [0.1, 0.15) is 24.8 Å². The summed E-state index contributed by atoms with van der Waals surface area (Å²) in [5.41, 5.74) is 6.72. The Morgan fingerprint density at radius 1 is 1.08 bits per heavy atom. The molecule has 0 spiro atoms. The molecule has 0 atom stereocenters. The van der Waals surface area contributed by atoms with E-state index in [0.717, 1.165) is 37.9 Å². The highest BCUT2D eigenvalue weighted by atomic mass is 16.1. The minimum atomic E-state index is -0.396. The van der Waals surface area contributed by atoms with Gasteiger partial charge in [-0.25, -0.2) is 4.40 Å². The van der Waals surface area contributed by atoms with E-state index in [1.54, 1.807) is 6.08 Å². The van der Waals surface area contributed by atoms with Gasteiger partial charge in [0.1, 0.15) is 16.9 Å². The Labute approximate surface area is 143 Å². The lowest BCUT2D eigenvalue weighted by atomic mass is 10.1. The smallest absolute Gasteiger partial charge is 0.300 e. The first-order valence-electron chi connectivity index (χ1n) is 8.41. The first kappa shape index (κ1) is 15.4. The number of nitrogens with two attached hydrogens (primary N) is 1. The minimum absolute atomic E-state index is 0.158. The lowest BCUT2D eigenvalue weighted by Gasteiger charge is -2.28. The Bertz CT molecular complexity index is 1080. The maximum atomic E-state index is 12.8. The van der Waals surface area contributed by atoms with Gasteiger partial charge in [0.25, 0.3) is 11.1 Å². The quantitative estimate of drug-likeness (QED) is 0.710. The number of piperidine rings is 1. The summed E-state index contributed by atoms with van der Waals surface area (Å²) in [5, 5.41) is 0.348. The van der Waals surface area contributed by atoms with Gasteiger partial charge in [0.15, 0.2) is 0 Å². The fraction of sp³-hybridized carbons (Fsp3) is 0.278. The molecule has 7 nitrogen and oxygen atoms in total. The Morgan fingerprint density at radius 3 is 2.52 bits per heavy atom. The number of fused-ring (bicyclic) bond motifs is 1. The normalized spacial score (nSPS) is 15.8. The number of aromatic nitrogens is 3. The zero-order chi connectivity index (χ0) is 17.4. The van der Waals surface area contributed by atoms with Crippen molar-refractivity contribution in [3.63, 3.8) is 0 Å². The molecule has 0 amide bonds. The predicted molar refractivity (Wildman–Crippen MR) is 97.8 cm³/mol. The number of benzene rings is 1. The van der Waals surface area contributed by atoms with Crippen molar-refractivity contribution in [2.45, 2.75) is 19.3 Å². The summed E-state index contributed by atoms with van der Waals surface area (Å²) in [5.74, 6) is 0.335. The van der Waals surface area contributed by atoms with E-state index in [0.29, 0.717) is 11.0 Å². The number of hydrogen-bond donors (Lipinski definition) is 2. The zero-order valence-corrected chi connectivity index (χ0v) is 13.7. The summed E-state index contributed by atoms with van der Waals surface area (Å²) in [6.07, 6.45) is 4.88. The molecular formula is C18H19N5O2. The van der Waals surface area contributed by atoms with Crippen molar-refractivity contribution in [2.24, 2.45) is 0 Å². The number of imidazole rings is 1. The monoisotopic (exact) mass is 337 g/mol. The number of aromatic amines is 1. The van der Waals surface area contributed by atoms with Crippen LogP contribution in [-0.2, 0) is 0 Å². The Hall–Kier alpha value is -3.09. The molecule has 3 heterocycles. The van der Waals surface area contributed by atoms with E-state index in [1.165, 1.54) is 4.40 Å². The van der Waals surface area contributed by atoms with Crippen LogP contribution >= 0.6 is 0 Å². The van der Waals surface area contributed by atoms with Gasteiger partial charge in [-0.05, 0) is 30.9 Å². The highest BCUT2D eigenvalue weighted by Crippen LogP contribution is 2.21. The molecule has 0 radical (unpaired) electrons. The SMILES string of the molecule is Nc1c(N2CCCCC2)c(=O)nc2[nH]c(=Cc3ccccc3)c(=O)n12. The molecule has 1 aliphatic heterocycles. The van der Waals surface area contributed by atoms with Gasteiger partial charge in [0, 0.05) is 13.1 Å². The number of nitrogen functional groups attached to an aromatic ring is 1. The number of rotatable bonds is 2. The van der Waals surface area contributed by atoms with Gasteiger partial charge in [0.05, 0.1) is 0 Å². The fourth-order valence-electron chi connectivity index (χ4n) is 3.34. The van der Waals surface area contributed by atoms with Crippen molar-refractivity contribution in [1.29, 1.82) is 0 Å². The molecule has 1 saturated heterocycles. The van der Waals surface area contributed by atoms with Crippen LogP contribution < -0.4 is 27.1 Å². The van der Waals surface area contributed by atoms with Crippen LogP contribution in [-0.4, -0.2) is 27.5 Å². The van der Waals surface area contributed by atoms with Crippen LogP contribution in [0.2, 0.25) is 0 Å². The highest BCUT2D eigenvalue weighted by Gasteiger charge is 2.21. The highest BCUT2D eigenvalue weighted by molar-refractivity contribution is 5.66. The molecule has 1 aromatic carbocycles. The van der Waals surface area contributed by atoms with Crippen molar-refractivity contribution < 1.29 is 0 Å². The number of hydrogen-bond acceptors (Lipinski definition) is 5. The zero-order valence-electron chi connectivity index (χ0n) is 13.7. The topological polar surface area (TPSA) is 96.5 Å². The summed E-state index contributed by atoms with van der Waals surface area (Å²) in [6, 6.07) is 9.48. The fourth-order valence-corrected chi connectivity index (χ4v) is 3.34. The number of anilines is 2. The van der Waals surface area contributed by atoms with Crippen molar-refractivity contribution in [3.8, 4) is 0 Å². The van der Waals surface area contributed by atoms with Crippen LogP contribution in [0.15, 0.2) is 39.9 Å². The van der Waals surface area contributed by atoms with Crippen molar-refractivity contribution in [3.05, 3.63) is 62.0 Å². The first-order valence-corrected chi connectivity index (χ1v) is 8.41. The third-order valence-corrected chi connectivity index (χ3v) is 4.57. The average molecular weight is 337 g/mol. The van der Waals surface area contributed by atoms with Crippen LogP contribution in [0.3, 0.4) is 0 Å². The number of H-pyrrole nitrogens is 1. The van der Waals surface area contributed by atoms with E-state index in [9.17, 15) is 9.59 Å². The Morgan fingerprint density at radius 2 is 1.80 bits per heavy atom. The Kier molecular flexibility index (Phi) is 3.76. The number of nitrogens with zero attached hydrogens (tertiary/aromatic N) is 3. The van der Waals surface area contributed by atoms with E-state index in [4.69, 9.17) is 5.73 Å². The third kappa shape index (κ3) is 2.67. The lowest BCUT2D eigenvalue weighted by Crippen LogP contribution is -2.36. The van der Waals surface area contributed by atoms with E-state index in [-0.39, 0.29) is 17.2 Å². The molecular weight excluding hydrogens is 318 g/mol. The minimum Gasteiger partial charge on any atom is -0.383 e. The molecule has 7 heteroatoms. The van der Waals surface area contributed by atoms with Crippen LogP contribution in [0, 0.1) is 0 Å². The second kappa shape index (κ2) is 6.08. The van der Waals surface area contributed by atoms with Gasteiger partial charge in [-0.2, -0.15) is 4.98 Å². The maximum absolute atomic E-state index is 12.8. The van der Waals surface area contributed by atoms with E-state index in [1.807, 2.05) is 35.2 Å². The van der Waals surface area contributed by atoms with Gasteiger partial charge in [-0.15, -0.1) is 0 Å². The third-order valence-electron chi connectivity index (χ3n) is 4.57. The molecule has 2 aromatic heterocycles. The first-order chi connectivity index (χ1) is 12.1. The molecule has 3 N–H and O–H groups in total. The van der Waals surface area contributed by atoms with Crippen LogP contribution in [0.4, 0.5) is 11.5 Å². The average Bonchev–Trinajstić information content (AvgIpc) is 2.92. The second-order valence-corrected chi connectivity index (χ2v) is 6.26. The lowest BCUT2D eigenvalue weighted by molar-refractivity contribution is 0.576. The van der Waals surface area contributed by atoms with E-state index >= 15 is 0 Å². The van der Waals surface area contributed by atoms with Crippen molar-refractivity contribution in [2.75, 3.05) is 23.7 Å². The van der Waals surface area contributed by atoms with Crippen LogP contribution in [0.5, 0.6) is 0 Å². The standard InChI is InChI=1S/C18H19N5O2/c19-15-14(22-9-5-2-6-10-22)16(24)21-18-20-13(17(25)23(15)18)11-12-7-3-1-4-8-12/h1,3-4,7-8,11H,2,5-6,9-10,19H2,(H,20,21,24). The molecule has 0 aliphatic carbocycles. The van der Waals surface area contributed by atoms with Gasteiger partial charge < -0.3 is 15.6 Å². The molecule has 0 bridgehead atoms. The molecule has 3 aromatic rings. The van der Waals surface area contributed by atoms with E-state index < -0.39 is 5.56 Å². The van der Waals surface area contributed by atoms with Crippen LogP contribution in [0.25, 0.3) is 11.9 Å². The van der Waals surface area contributed by atoms with Gasteiger partial charge in [0.2, 0.25) is 5.78 Å². The summed E-state index contributed by atoms with van der Waals surface area (Å²) in [6.45, 7) is 1.52. The Balaban J connectivity index is 1.93. The molecule has 0 unspecified atom stereocenters. The van der Waals surface area contributed by atoms with Gasteiger partial charge in [-0.3, -0.25) is 9.59 Å². The second-order valence-electron chi connectivity index (χ2n) is 6.26. The molecule has 4 rings (SSSR count). The molecule has 0 saturated carbocycles. The summed E-state index contributed by atoms with van der Waals surface area (Å²) in [7, 11) is 0. The molecule has 128 valence electrons. The van der Waals surface area contributed by atoms with Crippen molar-refractivity contribution in [1.82, 2.24) is 14.4 Å². The number of nitrogens with one attached hydrogen (secondary N) is 1. The molecule has 1 aliphatic rings. The van der Waals surface area contributed by atoms with E-state index in [2.05, 4.69) is 9.97 Å². The largest absolute Gasteiger partial charge is 0.383 e. The summed E-state index contributed by atoms with van der Waals surface area (Å²) >= 11 is 0. The maximum Gasteiger partial charge on any atom is 0.300 e. The van der Waals surface area contributed by atoms with Gasteiger partial charge >= 0.3 is 0 Å². The predicted octanol–water partition coefficient (Wildman–Crippen LogP) is 0.503.